The van der Waals surface area contributed by atoms with Crippen molar-refractivity contribution in [2.45, 2.75) is 26.8 Å². The minimum atomic E-state index is 0.645. The van der Waals surface area contributed by atoms with Crippen LogP contribution >= 0.6 is 0 Å². The SMILES string of the molecule is CCN(c1ccccc1C)C1CNCC1C. The second-order valence-corrected chi connectivity index (χ2v) is 4.78. The third kappa shape index (κ3) is 2.07. The van der Waals surface area contributed by atoms with Gasteiger partial charge in [0.25, 0.3) is 0 Å². The summed E-state index contributed by atoms with van der Waals surface area (Å²) in [5, 5.41) is 3.48. The molecule has 1 heterocycles. The van der Waals surface area contributed by atoms with Gasteiger partial charge < -0.3 is 10.2 Å². The Kier molecular flexibility index (Phi) is 3.49. The number of nitrogens with one attached hydrogen (secondary N) is 1. The Balaban J connectivity index is 2.25. The number of hydrogen-bond acceptors (Lipinski definition) is 2. The van der Waals surface area contributed by atoms with Gasteiger partial charge in [-0.25, -0.2) is 0 Å². The van der Waals surface area contributed by atoms with Crippen molar-refractivity contribution in [3.8, 4) is 0 Å². The van der Waals surface area contributed by atoms with Crippen LogP contribution in [0.4, 0.5) is 5.69 Å². The standard InChI is InChI=1S/C14H22N2/c1-4-16(14-10-15-9-12(14)3)13-8-6-5-7-11(13)2/h5-8,12,14-15H,4,9-10H2,1-3H3. The molecule has 1 fully saturated rings. The van der Waals surface area contributed by atoms with E-state index in [2.05, 4.69) is 55.3 Å². The lowest BCUT2D eigenvalue weighted by Gasteiger charge is -2.33. The van der Waals surface area contributed by atoms with Crippen molar-refractivity contribution in [1.82, 2.24) is 5.32 Å². The van der Waals surface area contributed by atoms with Gasteiger partial charge in [0, 0.05) is 24.8 Å². The van der Waals surface area contributed by atoms with Crippen LogP contribution in [-0.2, 0) is 0 Å². The van der Waals surface area contributed by atoms with E-state index in [4.69, 9.17) is 0 Å². The van der Waals surface area contributed by atoms with Crippen molar-refractivity contribution in [1.29, 1.82) is 0 Å². The molecule has 1 saturated heterocycles. The molecule has 1 aliphatic rings. The Labute approximate surface area is 98.7 Å². The third-order valence-corrected chi connectivity index (χ3v) is 3.64. The lowest BCUT2D eigenvalue weighted by Crippen LogP contribution is -2.40. The molecule has 2 nitrogen and oxygen atoms in total. The molecule has 2 rings (SSSR count). The van der Waals surface area contributed by atoms with Crippen LogP contribution in [0.5, 0.6) is 0 Å². The number of hydrogen-bond donors (Lipinski definition) is 1. The van der Waals surface area contributed by atoms with Gasteiger partial charge in [-0.1, -0.05) is 25.1 Å². The van der Waals surface area contributed by atoms with Crippen molar-refractivity contribution in [2.75, 3.05) is 24.5 Å². The molecule has 2 atom stereocenters. The summed E-state index contributed by atoms with van der Waals surface area (Å²) >= 11 is 0. The van der Waals surface area contributed by atoms with Gasteiger partial charge >= 0.3 is 0 Å². The van der Waals surface area contributed by atoms with E-state index in [1.54, 1.807) is 0 Å². The first-order chi connectivity index (χ1) is 7.74. The summed E-state index contributed by atoms with van der Waals surface area (Å²) in [5.41, 5.74) is 2.77. The lowest BCUT2D eigenvalue weighted by atomic mass is 10.0. The zero-order valence-electron chi connectivity index (χ0n) is 10.5. The number of anilines is 1. The van der Waals surface area contributed by atoms with Crippen LogP contribution in [0.3, 0.4) is 0 Å². The van der Waals surface area contributed by atoms with Gasteiger partial charge in [0.2, 0.25) is 0 Å². The molecule has 1 aromatic carbocycles. The molecule has 88 valence electrons. The largest absolute Gasteiger partial charge is 0.367 e. The summed E-state index contributed by atoms with van der Waals surface area (Å²) < 4.78 is 0. The zero-order chi connectivity index (χ0) is 11.5. The molecular weight excluding hydrogens is 196 g/mol. The number of benzene rings is 1. The van der Waals surface area contributed by atoms with Gasteiger partial charge in [0.15, 0.2) is 0 Å². The summed E-state index contributed by atoms with van der Waals surface area (Å²) in [7, 11) is 0. The minimum Gasteiger partial charge on any atom is -0.367 e. The highest BCUT2D eigenvalue weighted by Crippen LogP contribution is 2.25. The van der Waals surface area contributed by atoms with Gasteiger partial charge in [-0.15, -0.1) is 0 Å². The Morgan fingerprint density at radius 1 is 1.31 bits per heavy atom. The Bertz CT molecular complexity index is 348. The molecule has 0 radical (unpaired) electrons. The third-order valence-electron chi connectivity index (χ3n) is 3.64. The first-order valence-electron chi connectivity index (χ1n) is 6.27. The summed E-state index contributed by atoms with van der Waals surface area (Å²) in [6.45, 7) is 10.1. The number of likely N-dealkylation sites (N-methyl/N-ethyl adjacent to an activating group) is 1. The van der Waals surface area contributed by atoms with E-state index in [0.717, 1.165) is 25.6 Å². The average Bonchev–Trinajstić information content (AvgIpc) is 2.69. The molecule has 0 saturated carbocycles. The first-order valence-corrected chi connectivity index (χ1v) is 6.27. The monoisotopic (exact) mass is 218 g/mol. The molecule has 0 amide bonds. The molecular formula is C14H22N2. The van der Waals surface area contributed by atoms with Gasteiger partial charge in [0.05, 0.1) is 0 Å². The van der Waals surface area contributed by atoms with Crippen molar-refractivity contribution in [2.24, 2.45) is 5.92 Å². The van der Waals surface area contributed by atoms with Crippen molar-refractivity contribution >= 4 is 5.69 Å². The summed E-state index contributed by atoms with van der Waals surface area (Å²) in [5.74, 6) is 0.736. The van der Waals surface area contributed by atoms with Gasteiger partial charge in [-0.05, 0) is 37.9 Å². The van der Waals surface area contributed by atoms with Crippen LogP contribution in [-0.4, -0.2) is 25.7 Å². The van der Waals surface area contributed by atoms with Gasteiger partial charge in [-0.2, -0.15) is 0 Å². The number of nitrogens with zero attached hydrogens (tertiary/aromatic N) is 1. The van der Waals surface area contributed by atoms with Crippen LogP contribution in [0.15, 0.2) is 24.3 Å². The van der Waals surface area contributed by atoms with Gasteiger partial charge in [0.1, 0.15) is 0 Å². The molecule has 0 bridgehead atoms. The molecule has 2 heteroatoms. The molecule has 1 N–H and O–H groups in total. The van der Waals surface area contributed by atoms with E-state index >= 15 is 0 Å². The van der Waals surface area contributed by atoms with Crippen LogP contribution in [0.25, 0.3) is 0 Å². The number of para-hydroxylation sites is 1. The smallest absolute Gasteiger partial charge is 0.0452 e. The van der Waals surface area contributed by atoms with Crippen LogP contribution in [0.2, 0.25) is 0 Å². The Morgan fingerprint density at radius 2 is 2.06 bits per heavy atom. The maximum atomic E-state index is 3.48. The fraction of sp³-hybridized carbons (Fsp3) is 0.571. The fourth-order valence-corrected chi connectivity index (χ4v) is 2.68. The second kappa shape index (κ2) is 4.88. The highest BCUT2D eigenvalue weighted by Gasteiger charge is 2.28. The van der Waals surface area contributed by atoms with E-state index in [-0.39, 0.29) is 0 Å². The zero-order valence-corrected chi connectivity index (χ0v) is 10.5. The molecule has 2 unspecified atom stereocenters. The summed E-state index contributed by atoms with van der Waals surface area (Å²) in [4.78, 5) is 2.54. The van der Waals surface area contributed by atoms with Crippen molar-refractivity contribution in [3.05, 3.63) is 29.8 Å². The Morgan fingerprint density at radius 3 is 2.62 bits per heavy atom. The average molecular weight is 218 g/mol. The maximum Gasteiger partial charge on any atom is 0.0452 e. The quantitative estimate of drug-likeness (QED) is 0.838. The second-order valence-electron chi connectivity index (χ2n) is 4.78. The van der Waals surface area contributed by atoms with Gasteiger partial charge in [-0.3, -0.25) is 0 Å². The molecule has 0 aromatic heterocycles. The predicted molar refractivity (Wildman–Crippen MR) is 70.0 cm³/mol. The Hall–Kier alpha value is -1.02. The first kappa shape index (κ1) is 11.5. The molecule has 1 aliphatic heterocycles. The predicted octanol–water partition coefficient (Wildman–Crippen LogP) is 2.43. The molecule has 0 spiro atoms. The van der Waals surface area contributed by atoms with Crippen LogP contribution in [0, 0.1) is 12.8 Å². The number of rotatable bonds is 3. The van der Waals surface area contributed by atoms with Crippen LogP contribution < -0.4 is 10.2 Å². The van der Waals surface area contributed by atoms with Crippen molar-refractivity contribution < 1.29 is 0 Å². The molecule has 1 aromatic rings. The molecule has 16 heavy (non-hydrogen) atoms. The summed E-state index contributed by atoms with van der Waals surface area (Å²) in [6, 6.07) is 9.33. The van der Waals surface area contributed by atoms with E-state index in [0.29, 0.717) is 6.04 Å². The highest BCUT2D eigenvalue weighted by molar-refractivity contribution is 5.54. The maximum absolute atomic E-state index is 3.48. The fourth-order valence-electron chi connectivity index (χ4n) is 2.68. The van der Waals surface area contributed by atoms with E-state index in [1.807, 2.05) is 0 Å². The minimum absolute atomic E-state index is 0.645. The van der Waals surface area contributed by atoms with Crippen LogP contribution in [0.1, 0.15) is 19.4 Å². The summed E-state index contributed by atoms with van der Waals surface area (Å²) in [6.07, 6.45) is 0. The number of aryl methyl sites for hydroxylation is 1. The topological polar surface area (TPSA) is 15.3 Å². The normalized spacial score (nSPS) is 24.7. The van der Waals surface area contributed by atoms with E-state index in [1.165, 1.54) is 11.3 Å². The molecule has 0 aliphatic carbocycles. The van der Waals surface area contributed by atoms with Crippen molar-refractivity contribution in [3.63, 3.8) is 0 Å². The van der Waals surface area contributed by atoms with E-state index in [9.17, 15) is 0 Å². The van der Waals surface area contributed by atoms with E-state index < -0.39 is 0 Å². The highest BCUT2D eigenvalue weighted by atomic mass is 15.2. The lowest BCUT2D eigenvalue weighted by molar-refractivity contribution is 0.521.